The van der Waals surface area contributed by atoms with Crippen LogP contribution < -0.4 is 5.73 Å². The highest BCUT2D eigenvalue weighted by Crippen LogP contribution is 2.43. The highest BCUT2D eigenvalue weighted by molar-refractivity contribution is 5.81. The van der Waals surface area contributed by atoms with Crippen LogP contribution in [0.15, 0.2) is 4.99 Å². The molecule has 1 aliphatic heterocycles. The molecule has 0 aromatic rings. The third-order valence-electron chi connectivity index (χ3n) is 4.84. The largest absolute Gasteiger partial charge is 0.370 e. The summed E-state index contributed by atoms with van der Waals surface area (Å²) in [6.07, 6.45) is 3.86. The molecule has 18 heavy (non-hydrogen) atoms. The lowest BCUT2D eigenvalue weighted by Crippen LogP contribution is -2.58. The van der Waals surface area contributed by atoms with Gasteiger partial charge < -0.3 is 15.5 Å². The lowest BCUT2D eigenvalue weighted by atomic mass is 9.69. The van der Waals surface area contributed by atoms with Crippen molar-refractivity contribution in [2.24, 2.45) is 22.6 Å². The van der Waals surface area contributed by atoms with Crippen molar-refractivity contribution < 1.29 is 0 Å². The Bertz CT molecular complexity index is 326. The molecule has 0 amide bonds. The van der Waals surface area contributed by atoms with E-state index in [1.807, 2.05) is 0 Å². The Balaban J connectivity index is 2.11. The summed E-state index contributed by atoms with van der Waals surface area (Å²) in [7, 11) is 4.23. The lowest BCUT2D eigenvalue weighted by Gasteiger charge is -2.48. The zero-order valence-corrected chi connectivity index (χ0v) is 12.3. The number of nitrogens with two attached hydrogens (primary N) is 1. The minimum absolute atomic E-state index is 0.215. The van der Waals surface area contributed by atoms with Crippen LogP contribution in [0.25, 0.3) is 0 Å². The van der Waals surface area contributed by atoms with Crippen molar-refractivity contribution in [3.05, 3.63) is 0 Å². The van der Waals surface area contributed by atoms with E-state index < -0.39 is 0 Å². The van der Waals surface area contributed by atoms with Crippen molar-refractivity contribution in [1.29, 1.82) is 0 Å². The van der Waals surface area contributed by atoms with Gasteiger partial charge in [0.25, 0.3) is 0 Å². The molecule has 3 atom stereocenters. The fraction of sp³-hybridized carbons (Fsp3) is 0.929. The third-order valence-corrected chi connectivity index (χ3v) is 4.84. The van der Waals surface area contributed by atoms with E-state index >= 15 is 0 Å². The predicted octanol–water partition coefficient (Wildman–Crippen LogP) is 1.37. The van der Waals surface area contributed by atoms with E-state index in [1.54, 1.807) is 0 Å². The van der Waals surface area contributed by atoms with Gasteiger partial charge in [-0.2, -0.15) is 0 Å². The van der Waals surface area contributed by atoms with Crippen molar-refractivity contribution in [3.63, 3.8) is 0 Å². The SMILES string of the molecule is CC1CCC2(CN=C(N)N2CCN(C)C)C(C)C1. The average Bonchev–Trinajstić information content (AvgIpc) is 2.60. The second kappa shape index (κ2) is 5.08. The maximum absolute atomic E-state index is 6.13. The van der Waals surface area contributed by atoms with E-state index in [2.05, 4.69) is 42.7 Å². The van der Waals surface area contributed by atoms with Crippen molar-refractivity contribution in [1.82, 2.24) is 9.80 Å². The van der Waals surface area contributed by atoms with E-state index in [-0.39, 0.29) is 5.54 Å². The van der Waals surface area contributed by atoms with E-state index in [9.17, 15) is 0 Å². The summed E-state index contributed by atoms with van der Waals surface area (Å²) < 4.78 is 0. The zero-order valence-electron chi connectivity index (χ0n) is 12.3. The Morgan fingerprint density at radius 1 is 1.44 bits per heavy atom. The molecular formula is C14H28N4. The van der Waals surface area contributed by atoms with Gasteiger partial charge in [-0.3, -0.25) is 4.99 Å². The molecule has 1 spiro atoms. The number of aliphatic imine (C=N–C) groups is 1. The minimum Gasteiger partial charge on any atom is -0.370 e. The molecule has 0 aromatic heterocycles. The molecule has 1 saturated carbocycles. The molecule has 2 N–H and O–H groups in total. The van der Waals surface area contributed by atoms with Gasteiger partial charge in [0.2, 0.25) is 0 Å². The number of guanidine groups is 1. The minimum atomic E-state index is 0.215. The number of rotatable bonds is 3. The van der Waals surface area contributed by atoms with Crippen LogP contribution in [0.1, 0.15) is 33.1 Å². The zero-order chi connectivity index (χ0) is 13.3. The number of hydrogen-bond donors (Lipinski definition) is 1. The van der Waals surface area contributed by atoms with Gasteiger partial charge >= 0.3 is 0 Å². The Hall–Kier alpha value is -0.770. The Morgan fingerprint density at radius 2 is 2.17 bits per heavy atom. The van der Waals surface area contributed by atoms with Gasteiger partial charge in [-0.1, -0.05) is 13.8 Å². The molecule has 0 bridgehead atoms. The lowest BCUT2D eigenvalue weighted by molar-refractivity contribution is 0.0585. The molecule has 1 fully saturated rings. The summed E-state index contributed by atoms with van der Waals surface area (Å²) in [5, 5.41) is 0. The van der Waals surface area contributed by atoms with Gasteiger partial charge in [0.15, 0.2) is 5.96 Å². The first-order valence-corrected chi connectivity index (χ1v) is 7.18. The van der Waals surface area contributed by atoms with Crippen LogP contribution >= 0.6 is 0 Å². The predicted molar refractivity (Wildman–Crippen MR) is 76.7 cm³/mol. The van der Waals surface area contributed by atoms with E-state index in [1.165, 1.54) is 19.3 Å². The maximum atomic E-state index is 6.13. The normalized spacial score (nSPS) is 36.5. The molecule has 0 saturated heterocycles. The molecule has 1 heterocycles. The van der Waals surface area contributed by atoms with Crippen molar-refractivity contribution in [3.8, 4) is 0 Å². The van der Waals surface area contributed by atoms with Crippen LogP contribution in [0.5, 0.6) is 0 Å². The maximum Gasteiger partial charge on any atom is 0.191 e. The Kier molecular flexibility index (Phi) is 3.85. The summed E-state index contributed by atoms with van der Waals surface area (Å²) >= 11 is 0. The number of hydrogen-bond acceptors (Lipinski definition) is 4. The molecule has 1 aliphatic carbocycles. The van der Waals surface area contributed by atoms with Gasteiger partial charge in [0, 0.05) is 13.1 Å². The van der Waals surface area contributed by atoms with Crippen LogP contribution in [-0.4, -0.2) is 55.0 Å². The topological polar surface area (TPSA) is 44.9 Å². The summed E-state index contributed by atoms with van der Waals surface area (Å²) in [5.74, 6) is 2.30. The molecule has 2 rings (SSSR count). The fourth-order valence-electron chi connectivity index (χ4n) is 3.57. The first kappa shape index (κ1) is 13.7. The summed E-state index contributed by atoms with van der Waals surface area (Å²) in [5.41, 5.74) is 6.34. The Labute approximate surface area is 111 Å². The summed E-state index contributed by atoms with van der Waals surface area (Å²) in [4.78, 5) is 9.16. The highest BCUT2D eigenvalue weighted by Gasteiger charge is 2.48. The van der Waals surface area contributed by atoms with Crippen LogP contribution in [0, 0.1) is 11.8 Å². The van der Waals surface area contributed by atoms with Crippen molar-refractivity contribution >= 4 is 5.96 Å². The molecule has 104 valence electrons. The molecule has 4 heteroatoms. The molecule has 4 nitrogen and oxygen atoms in total. The first-order chi connectivity index (χ1) is 8.45. The van der Waals surface area contributed by atoms with Gasteiger partial charge in [-0.15, -0.1) is 0 Å². The van der Waals surface area contributed by atoms with Crippen LogP contribution in [0.2, 0.25) is 0 Å². The summed E-state index contributed by atoms with van der Waals surface area (Å²) in [6.45, 7) is 7.70. The molecular weight excluding hydrogens is 224 g/mol. The molecule has 0 aromatic carbocycles. The number of nitrogens with zero attached hydrogens (tertiary/aromatic N) is 3. The van der Waals surface area contributed by atoms with Crippen molar-refractivity contribution in [2.45, 2.75) is 38.6 Å². The average molecular weight is 252 g/mol. The quantitative estimate of drug-likeness (QED) is 0.825. The monoisotopic (exact) mass is 252 g/mol. The summed E-state index contributed by atoms with van der Waals surface area (Å²) in [6, 6.07) is 0. The Morgan fingerprint density at radius 3 is 2.78 bits per heavy atom. The van der Waals surface area contributed by atoms with Crippen molar-refractivity contribution in [2.75, 3.05) is 33.7 Å². The van der Waals surface area contributed by atoms with Gasteiger partial charge in [-0.05, 0) is 45.2 Å². The molecule has 0 radical (unpaired) electrons. The van der Waals surface area contributed by atoms with E-state index in [0.717, 1.165) is 31.5 Å². The smallest absolute Gasteiger partial charge is 0.191 e. The van der Waals surface area contributed by atoms with Gasteiger partial charge in [-0.25, -0.2) is 0 Å². The standard InChI is InChI=1S/C14H28N4/c1-11-5-6-14(12(2)9-11)10-16-13(15)18(14)8-7-17(3)4/h11-12H,5-10H2,1-4H3,(H2,15,16). The first-order valence-electron chi connectivity index (χ1n) is 7.18. The van der Waals surface area contributed by atoms with Gasteiger partial charge in [0.1, 0.15) is 0 Å². The highest BCUT2D eigenvalue weighted by atomic mass is 15.4. The molecule has 3 unspecified atom stereocenters. The van der Waals surface area contributed by atoms with Crippen LogP contribution in [-0.2, 0) is 0 Å². The third kappa shape index (κ3) is 2.35. The fourth-order valence-corrected chi connectivity index (χ4v) is 3.57. The van der Waals surface area contributed by atoms with Crippen LogP contribution in [0.4, 0.5) is 0 Å². The van der Waals surface area contributed by atoms with E-state index in [4.69, 9.17) is 5.73 Å². The number of likely N-dealkylation sites (N-methyl/N-ethyl adjacent to an activating group) is 1. The van der Waals surface area contributed by atoms with Crippen LogP contribution in [0.3, 0.4) is 0 Å². The van der Waals surface area contributed by atoms with Gasteiger partial charge in [0.05, 0.1) is 12.1 Å². The second-order valence-electron chi connectivity index (χ2n) is 6.51. The second-order valence-corrected chi connectivity index (χ2v) is 6.51. The van der Waals surface area contributed by atoms with E-state index in [0.29, 0.717) is 5.92 Å². The molecule has 2 aliphatic rings.